The lowest BCUT2D eigenvalue weighted by atomic mass is 10.00. The highest BCUT2D eigenvalue weighted by Crippen LogP contribution is 2.21. The van der Waals surface area contributed by atoms with Gasteiger partial charge in [-0.15, -0.1) is 0 Å². The van der Waals surface area contributed by atoms with E-state index in [9.17, 15) is 15.2 Å². The van der Waals surface area contributed by atoms with Crippen molar-refractivity contribution in [2.24, 2.45) is 0 Å². The minimum Gasteiger partial charge on any atom is -0.508 e. The molecule has 0 spiro atoms. The first-order valence-electron chi connectivity index (χ1n) is 6.65. The predicted molar refractivity (Wildman–Crippen MR) is 83.8 cm³/mol. The Morgan fingerprint density at radius 2 is 1.91 bits per heavy atom. The summed E-state index contributed by atoms with van der Waals surface area (Å²) in [5.41, 5.74) is 1.98. The molecular weight excluding hydrogens is 278 g/mol. The van der Waals surface area contributed by atoms with Gasteiger partial charge in [0.2, 0.25) is 5.78 Å². The number of nitriles is 1. The van der Waals surface area contributed by atoms with Crippen molar-refractivity contribution < 1.29 is 14.6 Å². The van der Waals surface area contributed by atoms with Crippen LogP contribution in [0.25, 0.3) is 6.08 Å². The smallest absolute Gasteiger partial charge is 0.203 e. The van der Waals surface area contributed by atoms with Gasteiger partial charge in [0.15, 0.2) is 0 Å². The number of carbonyl (C=O) groups excluding carboxylic acids is 1. The van der Waals surface area contributed by atoms with E-state index in [-0.39, 0.29) is 17.1 Å². The number of benzene rings is 2. The van der Waals surface area contributed by atoms with E-state index in [1.165, 1.54) is 18.2 Å². The number of phenolic OH excluding ortho intramolecular Hbond substituents is 1. The molecule has 22 heavy (non-hydrogen) atoms. The Morgan fingerprint density at radius 1 is 1.23 bits per heavy atom. The van der Waals surface area contributed by atoms with Crippen LogP contribution in [0.5, 0.6) is 11.5 Å². The number of ketones is 1. The van der Waals surface area contributed by atoms with E-state index in [1.54, 1.807) is 37.4 Å². The number of hydrogen-bond donors (Lipinski definition) is 1. The van der Waals surface area contributed by atoms with Crippen molar-refractivity contribution in [3.63, 3.8) is 0 Å². The van der Waals surface area contributed by atoms with E-state index in [4.69, 9.17) is 4.74 Å². The molecule has 0 unspecified atom stereocenters. The van der Waals surface area contributed by atoms with Crippen molar-refractivity contribution in [2.75, 3.05) is 7.11 Å². The van der Waals surface area contributed by atoms with Crippen molar-refractivity contribution in [1.82, 2.24) is 0 Å². The fraction of sp³-hybridized carbons (Fsp3) is 0.111. The number of Topliss-reactive ketones (excluding diaryl/α,β-unsaturated/α-hetero) is 1. The maximum absolute atomic E-state index is 12.4. The Labute approximate surface area is 128 Å². The van der Waals surface area contributed by atoms with E-state index in [2.05, 4.69) is 0 Å². The topological polar surface area (TPSA) is 70.3 Å². The lowest BCUT2D eigenvalue weighted by Crippen LogP contribution is -2.03. The Balaban J connectivity index is 2.35. The van der Waals surface area contributed by atoms with Gasteiger partial charge in [-0.2, -0.15) is 5.26 Å². The number of hydrogen-bond acceptors (Lipinski definition) is 4. The number of aryl methyl sites for hydroxylation is 1. The Hall–Kier alpha value is -3.06. The van der Waals surface area contributed by atoms with Crippen LogP contribution >= 0.6 is 0 Å². The number of methoxy groups -OCH3 is 1. The molecule has 0 bridgehead atoms. The summed E-state index contributed by atoms with van der Waals surface area (Å²) in [6, 6.07) is 13.3. The third-order valence-corrected chi connectivity index (χ3v) is 3.23. The molecule has 4 nitrogen and oxygen atoms in total. The summed E-state index contributed by atoms with van der Waals surface area (Å²) >= 11 is 0. The maximum atomic E-state index is 12.4. The first-order chi connectivity index (χ1) is 10.5. The second-order valence-corrected chi connectivity index (χ2v) is 4.77. The minimum absolute atomic E-state index is 0.0373. The van der Waals surface area contributed by atoms with Crippen molar-refractivity contribution >= 4 is 11.9 Å². The van der Waals surface area contributed by atoms with E-state index in [1.807, 2.05) is 13.0 Å². The molecule has 0 saturated carbocycles. The Morgan fingerprint density at radius 3 is 2.45 bits per heavy atom. The van der Waals surface area contributed by atoms with Crippen LogP contribution in [0.2, 0.25) is 0 Å². The van der Waals surface area contributed by atoms with Gasteiger partial charge in [0.05, 0.1) is 7.11 Å². The van der Waals surface area contributed by atoms with Crippen LogP contribution in [0, 0.1) is 18.3 Å². The molecule has 1 N–H and O–H groups in total. The summed E-state index contributed by atoms with van der Waals surface area (Å²) in [4.78, 5) is 12.4. The van der Waals surface area contributed by atoms with Gasteiger partial charge >= 0.3 is 0 Å². The summed E-state index contributed by atoms with van der Waals surface area (Å²) in [6.07, 6.45) is 1.50. The SMILES string of the molecule is COc1ccc(C(=O)/C(C#N)=C/c2ccc(O)cc2)cc1C. The quantitative estimate of drug-likeness (QED) is 0.532. The highest BCUT2D eigenvalue weighted by atomic mass is 16.5. The summed E-state index contributed by atoms with van der Waals surface area (Å²) < 4.78 is 5.16. The van der Waals surface area contributed by atoms with Crippen LogP contribution in [0.4, 0.5) is 0 Å². The summed E-state index contributed by atoms with van der Waals surface area (Å²) in [7, 11) is 1.56. The van der Waals surface area contributed by atoms with Crippen LogP contribution < -0.4 is 4.74 Å². The third-order valence-electron chi connectivity index (χ3n) is 3.23. The third kappa shape index (κ3) is 3.33. The number of nitrogens with zero attached hydrogens (tertiary/aromatic N) is 1. The average molecular weight is 293 g/mol. The maximum Gasteiger partial charge on any atom is 0.203 e. The molecule has 0 radical (unpaired) electrons. The summed E-state index contributed by atoms with van der Waals surface area (Å²) in [5, 5.41) is 18.5. The van der Waals surface area contributed by atoms with Gasteiger partial charge in [0.1, 0.15) is 23.1 Å². The van der Waals surface area contributed by atoms with E-state index in [0.29, 0.717) is 16.9 Å². The molecule has 0 amide bonds. The second-order valence-electron chi connectivity index (χ2n) is 4.77. The van der Waals surface area contributed by atoms with Crippen LogP contribution in [-0.4, -0.2) is 18.0 Å². The number of allylic oxidation sites excluding steroid dienone is 1. The van der Waals surface area contributed by atoms with E-state index >= 15 is 0 Å². The average Bonchev–Trinajstić information content (AvgIpc) is 2.53. The molecule has 2 aromatic carbocycles. The molecule has 0 aliphatic carbocycles. The summed E-state index contributed by atoms with van der Waals surface area (Å²) in [5.74, 6) is 0.478. The Bertz CT molecular complexity index is 768. The molecule has 2 aromatic rings. The number of rotatable bonds is 4. The summed E-state index contributed by atoms with van der Waals surface area (Å²) in [6.45, 7) is 1.84. The molecule has 0 atom stereocenters. The highest BCUT2D eigenvalue weighted by molar-refractivity contribution is 6.14. The van der Waals surface area contributed by atoms with Crippen molar-refractivity contribution in [3.8, 4) is 17.6 Å². The highest BCUT2D eigenvalue weighted by Gasteiger charge is 2.13. The van der Waals surface area contributed by atoms with E-state index < -0.39 is 0 Å². The zero-order chi connectivity index (χ0) is 16.1. The molecule has 2 rings (SSSR count). The van der Waals surface area contributed by atoms with Crippen molar-refractivity contribution in [2.45, 2.75) is 6.92 Å². The molecule has 110 valence electrons. The molecular formula is C18H15NO3. The molecule has 0 heterocycles. The lowest BCUT2D eigenvalue weighted by Gasteiger charge is -2.06. The normalized spacial score (nSPS) is 10.9. The molecule has 0 aromatic heterocycles. The zero-order valence-electron chi connectivity index (χ0n) is 12.3. The number of ether oxygens (including phenoxy) is 1. The first-order valence-corrected chi connectivity index (χ1v) is 6.65. The largest absolute Gasteiger partial charge is 0.508 e. The number of aromatic hydroxyl groups is 1. The van der Waals surface area contributed by atoms with Gasteiger partial charge in [-0.3, -0.25) is 4.79 Å². The second kappa shape index (κ2) is 6.59. The van der Waals surface area contributed by atoms with Crippen LogP contribution in [0.3, 0.4) is 0 Å². The molecule has 0 saturated heterocycles. The lowest BCUT2D eigenvalue weighted by molar-refractivity contribution is 0.104. The van der Waals surface area contributed by atoms with Crippen molar-refractivity contribution in [1.29, 1.82) is 5.26 Å². The molecule has 0 aliphatic heterocycles. The van der Waals surface area contributed by atoms with E-state index in [0.717, 1.165) is 5.56 Å². The fourth-order valence-corrected chi connectivity index (χ4v) is 2.06. The molecule has 0 fully saturated rings. The number of carbonyl (C=O) groups is 1. The van der Waals surface area contributed by atoms with Crippen LogP contribution in [0.1, 0.15) is 21.5 Å². The zero-order valence-corrected chi connectivity index (χ0v) is 12.3. The first kappa shape index (κ1) is 15.3. The van der Waals surface area contributed by atoms with Gasteiger partial charge in [-0.1, -0.05) is 12.1 Å². The predicted octanol–water partition coefficient (Wildman–Crippen LogP) is 3.50. The van der Waals surface area contributed by atoms with Crippen LogP contribution in [0.15, 0.2) is 48.0 Å². The van der Waals surface area contributed by atoms with Crippen LogP contribution in [-0.2, 0) is 0 Å². The number of phenols is 1. The molecule has 0 aliphatic rings. The van der Waals surface area contributed by atoms with Crippen molar-refractivity contribution in [3.05, 3.63) is 64.7 Å². The van der Waals surface area contributed by atoms with Gasteiger partial charge in [-0.05, 0) is 54.5 Å². The molecule has 4 heteroatoms. The monoisotopic (exact) mass is 293 g/mol. The van der Waals surface area contributed by atoms with Gasteiger partial charge in [0.25, 0.3) is 0 Å². The van der Waals surface area contributed by atoms with Gasteiger partial charge < -0.3 is 9.84 Å². The fourth-order valence-electron chi connectivity index (χ4n) is 2.06. The standard InChI is InChI=1S/C18H15NO3/c1-12-9-14(5-8-17(12)22-2)18(21)15(11-19)10-13-3-6-16(20)7-4-13/h3-10,20H,1-2H3/b15-10+. The van der Waals surface area contributed by atoms with Gasteiger partial charge in [-0.25, -0.2) is 0 Å². The Kier molecular flexibility index (Phi) is 4.60. The van der Waals surface area contributed by atoms with Gasteiger partial charge in [0, 0.05) is 5.56 Å². The minimum atomic E-state index is -0.346.